The van der Waals surface area contributed by atoms with E-state index in [1.54, 1.807) is 0 Å². The van der Waals surface area contributed by atoms with Gasteiger partial charge < -0.3 is 11.1 Å². The maximum Gasteiger partial charge on any atom is 0.0347 e. The average molecular weight is 190 g/mol. The van der Waals surface area contributed by atoms with Crippen molar-refractivity contribution in [1.82, 2.24) is 5.32 Å². The van der Waals surface area contributed by atoms with Crippen LogP contribution in [0.5, 0.6) is 0 Å². The van der Waals surface area contributed by atoms with E-state index in [1.807, 2.05) is 24.3 Å². The van der Waals surface area contributed by atoms with Crippen LogP contribution in [0.1, 0.15) is 12.5 Å². The van der Waals surface area contributed by atoms with Gasteiger partial charge in [0.25, 0.3) is 0 Å². The summed E-state index contributed by atoms with van der Waals surface area (Å²) in [6.07, 6.45) is 2.82. The van der Waals surface area contributed by atoms with Gasteiger partial charge in [0, 0.05) is 18.3 Å². The Morgan fingerprint density at radius 1 is 1.50 bits per heavy atom. The fourth-order valence-electron chi connectivity index (χ4n) is 1.41. The second kappa shape index (κ2) is 5.45. The van der Waals surface area contributed by atoms with Crippen molar-refractivity contribution in [2.24, 2.45) is 0 Å². The van der Waals surface area contributed by atoms with Crippen LogP contribution in [0.4, 0.5) is 5.69 Å². The Bertz CT molecular complexity index is 294. The number of nitrogens with two attached hydrogens (primary N) is 1. The predicted octanol–water partition coefficient (Wildman–Crippen LogP) is 1.98. The molecule has 0 heterocycles. The summed E-state index contributed by atoms with van der Waals surface area (Å²) in [6, 6.07) is 8.42. The minimum Gasteiger partial charge on any atom is -0.399 e. The van der Waals surface area contributed by atoms with Crippen LogP contribution in [0.2, 0.25) is 0 Å². The predicted molar refractivity (Wildman–Crippen MR) is 62.2 cm³/mol. The highest BCUT2D eigenvalue weighted by molar-refractivity contribution is 5.46. The highest BCUT2D eigenvalue weighted by Crippen LogP contribution is 2.12. The summed E-state index contributed by atoms with van der Waals surface area (Å²) < 4.78 is 0. The van der Waals surface area contributed by atoms with Crippen molar-refractivity contribution < 1.29 is 0 Å². The number of nitrogens with one attached hydrogen (secondary N) is 1. The third kappa shape index (κ3) is 3.23. The van der Waals surface area contributed by atoms with Crippen molar-refractivity contribution in [3.63, 3.8) is 0 Å². The highest BCUT2D eigenvalue weighted by Gasteiger charge is 2.03. The van der Waals surface area contributed by atoms with E-state index >= 15 is 0 Å². The molecule has 0 spiro atoms. The molecule has 1 rings (SSSR count). The van der Waals surface area contributed by atoms with Crippen LogP contribution in [0.25, 0.3) is 0 Å². The van der Waals surface area contributed by atoms with Gasteiger partial charge in [-0.2, -0.15) is 0 Å². The molecule has 14 heavy (non-hydrogen) atoms. The fraction of sp³-hybridized carbons (Fsp3) is 0.333. The largest absolute Gasteiger partial charge is 0.399 e. The molecule has 1 aromatic rings. The van der Waals surface area contributed by atoms with Crippen molar-refractivity contribution in [1.29, 1.82) is 0 Å². The Morgan fingerprint density at radius 2 is 2.21 bits per heavy atom. The molecular weight excluding hydrogens is 172 g/mol. The summed E-state index contributed by atoms with van der Waals surface area (Å²) >= 11 is 0. The van der Waals surface area contributed by atoms with Crippen LogP contribution in [0.15, 0.2) is 36.9 Å². The molecule has 0 aromatic heterocycles. The van der Waals surface area contributed by atoms with Gasteiger partial charge in [-0.3, -0.25) is 0 Å². The third-order valence-corrected chi connectivity index (χ3v) is 2.19. The number of anilines is 1. The first-order valence-corrected chi connectivity index (χ1v) is 4.91. The summed E-state index contributed by atoms with van der Waals surface area (Å²) in [4.78, 5) is 0. The first-order chi connectivity index (χ1) is 6.74. The minimum atomic E-state index is 0.428. The zero-order chi connectivity index (χ0) is 10.4. The van der Waals surface area contributed by atoms with Gasteiger partial charge >= 0.3 is 0 Å². The lowest BCUT2D eigenvalue weighted by molar-refractivity contribution is 0.581. The molecule has 2 nitrogen and oxygen atoms in total. The molecule has 0 aliphatic heterocycles. The molecule has 1 aromatic carbocycles. The number of hydrogen-bond acceptors (Lipinski definition) is 2. The van der Waals surface area contributed by atoms with Gasteiger partial charge in [0.2, 0.25) is 0 Å². The fourth-order valence-corrected chi connectivity index (χ4v) is 1.41. The Labute approximate surface area is 85.8 Å². The Morgan fingerprint density at radius 3 is 2.86 bits per heavy atom. The van der Waals surface area contributed by atoms with E-state index < -0.39 is 0 Å². The maximum absolute atomic E-state index is 5.85. The first-order valence-electron chi connectivity index (χ1n) is 4.91. The molecular formula is C12H18N2. The number of hydrogen-bond donors (Lipinski definition) is 2. The van der Waals surface area contributed by atoms with Gasteiger partial charge in [-0.05, 0) is 25.0 Å². The van der Waals surface area contributed by atoms with Gasteiger partial charge in [-0.1, -0.05) is 24.3 Å². The standard InChI is InChI=1S/C12H18N2/c1-3-8-14-10(2)9-11-6-4-5-7-12(11)13/h3-7,10,14H,1,8-9,13H2,2H3. The normalized spacial score (nSPS) is 12.4. The number of para-hydroxylation sites is 1. The van der Waals surface area contributed by atoms with Crippen molar-refractivity contribution in [2.45, 2.75) is 19.4 Å². The van der Waals surface area contributed by atoms with Crippen LogP contribution in [0, 0.1) is 0 Å². The Hall–Kier alpha value is -1.28. The second-order valence-corrected chi connectivity index (χ2v) is 3.50. The monoisotopic (exact) mass is 190 g/mol. The van der Waals surface area contributed by atoms with Crippen LogP contribution >= 0.6 is 0 Å². The molecule has 0 radical (unpaired) electrons. The topological polar surface area (TPSA) is 38.0 Å². The molecule has 2 heteroatoms. The van der Waals surface area contributed by atoms with Gasteiger partial charge in [-0.25, -0.2) is 0 Å². The summed E-state index contributed by atoms with van der Waals surface area (Å²) in [5, 5.41) is 3.33. The number of rotatable bonds is 5. The van der Waals surface area contributed by atoms with Gasteiger partial charge in [-0.15, -0.1) is 6.58 Å². The maximum atomic E-state index is 5.85. The average Bonchev–Trinajstić information content (AvgIpc) is 2.18. The molecule has 0 saturated heterocycles. The van der Waals surface area contributed by atoms with Crippen LogP contribution in [-0.2, 0) is 6.42 Å². The quantitative estimate of drug-likeness (QED) is 0.550. The molecule has 0 aliphatic carbocycles. The van der Waals surface area contributed by atoms with Crippen molar-refractivity contribution in [2.75, 3.05) is 12.3 Å². The summed E-state index contributed by atoms with van der Waals surface area (Å²) in [7, 11) is 0. The zero-order valence-corrected chi connectivity index (χ0v) is 8.66. The van der Waals surface area contributed by atoms with Gasteiger partial charge in [0.15, 0.2) is 0 Å². The van der Waals surface area contributed by atoms with Crippen LogP contribution < -0.4 is 11.1 Å². The second-order valence-electron chi connectivity index (χ2n) is 3.50. The third-order valence-electron chi connectivity index (χ3n) is 2.19. The number of nitrogen functional groups attached to an aromatic ring is 1. The lowest BCUT2D eigenvalue weighted by atomic mass is 10.1. The molecule has 0 saturated carbocycles. The summed E-state index contributed by atoms with van der Waals surface area (Å²) in [5.41, 5.74) is 7.93. The molecule has 0 bridgehead atoms. The molecule has 0 amide bonds. The smallest absolute Gasteiger partial charge is 0.0347 e. The lowest BCUT2D eigenvalue weighted by Gasteiger charge is -2.13. The number of benzene rings is 1. The van der Waals surface area contributed by atoms with E-state index in [0.717, 1.165) is 18.7 Å². The van der Waals surface area contributed by atoms with Crippen molar-refractivity contribution in [3.8, 4) is 0 Å². The lowest BCUT2D eigenvalue weighted by Crippen LogP contribution is -2.28. The van der Waals surface area contributed by atoms with Gasteiger partial charge in [0.05, 0.1) is 0 Å². The molecule has 1 atom stereocenters. The minimum absolute atomic E-state index is 0.428. The zero-order valence-electron chi connectivity index (χ0n) is 8.66. The molecule has 3 N–H and O–H groups in total. The SMILES string of the molecule is C=CCNC(C)Cc1ccccc1N. The molecule has 1 unspecified atom stereocenters. The molecule has 0 fully saturated rings. The highest BCUT2D eigenvalue weighted by atomic mass is 14.9. The van der Waals surface area contributed by atoms with E-state index in [1.165, 1.54) is 5.56 Å². The van der Waals surface area contributed by atoms with Crippen LogP contribution in [-0.4, -0.2) is 12.6 Å². The van der Waals surface area contributed by atoms with Crippen LogP contribution in [0.3, 0.4) is 0 Å². The van der Waals surface area contributed by atoms with E-state index in [-0.39, 0.29) is 0 Å². The summed E-state index contributed by atoms with van der Waals surface area (Å²) in [5.74, 6) is 0. The van der Waals surface area contributed by atoms with E-state index in [9.17, 15) is 0 Å². The Balaban J connectivity index is 2.51. The van der Waals surface area contributed by atoms with Crippen molar-refractivity contribution in [3.05, 3.63) is 42.5 Å². The first kappa shape index (κ1) is 10.8. The Kier molecular flexibility index (Phi) is 4.20. The molecule has 76 valence electrons. The van der Waals surface area contributed by atoms with E-state index in [0.29, 0.717) is 6.04 Å². The van der Waals surface area contributed by atoms with Crippen molar-refractivity contribution >= 4 is 5.69 Å². The summed E-state index contributed by atoms with van der Waals surface area (Å²) in [6.45, 7) is 6.66. The van der Waals surface area contributed by atoms with Gasteiger partial charge in [0.1, 0.15) is 0 Å². The van der Waals surface area contributed by atoms with E-state index in [2.05, 4.69) is 24.9 Å². The molecule has 0 aliphatic rings. The van der Waals surface area contributed by atoms with E-state index in [4.69, 9.17) is 5.73 Å².